The smallest absolute Gasteiger partial charge is 0.311 e. The Morgan fingerprint density at radius 2 is 2.42 bits per heavy atom. The molecule has 1 saturated heterocycles. The number of aliphatic carboxylic acids is 1. The zero-order valence-electron chi connectivity index (χ0n) is 6.67. The average Bonchev–Trinajstić information content (AvgIpc) is 2.53. The first-order valence-corrected chi connectivity index (χ1v) is 4.14. The summed E-state index contributed by atoms with van der Waals surface area (Å²) in [5.74, 6) is -0.972. The number of carbonyl (C=O) groups excluding carboxylic acids is 1. The fraction of sp³-hybridized carbons (Fsp3) is 0.750. The molecule has 2 N–H and O–H groups in total. The fourth-order valence-corrected chi connectivity index (χ4v) is 2.29. The van der Waals surface area contributed by atoms with Crippen molar-refractivity contribution in [3.8, 4) is 0 Å². The second-order valence-electron chi connectivity index (χ2n) is 3.61. The third-order valence-corrected chi connectivity index (χ3v) is 3.09. The maximum atomic E-state index is 11.3. The molecule has 2 aliphatic rings. The molecule has 1 saturated carbocycles. The Kier molecular flexibility index (Phi) is 1.48. The molecule has 2 unspecified atom stereocenters. The molecular formula is C8H11NO3. The van der Waals surface area contributed by atoms with Gasteiger partial charge in [-0.15, -0.1) is 0 Å². The highest BCUT2D eigenvalue weighted by Crippen LogP contribution is 2.43. The van der Waals surface area contributed by atoms with Crippen molar-refractivity contribution in [2.24, 2.45) is 11.3 Å². The molecule has 0 aromatic carbocycles. The maximum Gasteiger partial charge on any atom is 0.311 e. The van der Waals surface area contributed by atoms with Crippen LogP contribution in [0.4, 0.5) is 0 Å². The summed E-state index contributed by atoms with van der Waals surface area (Å²) in [6, 6.07) is 0. The highest BCUT2D eigenvalue weighted by Gasteiger charge is 2.56. The van der Waals surface area contributed by atoms with Gasteiger partial charge >= 0.3 is 5.97 Å². The Balaban J connectivity index is 2.35. The molecule has 0 spiro atoms. The van der Waals surface area contributed by atoms with Crippen LogP contribution in [-0.2, 0) is 9.59 Å². The summed E-state index contributed by atoms with van der Waals surface area (Å²) >= 11 is 0. The standard InChI is InChI=1S/C8H11NO3/c10-6-1-2-8(7(11)12)4-9-3-5(6)8/h5,9H,1-4H2,(H,11,12). The first kappa shape index (κ1) is 7.73. The van der Waals surface area contributed by atoms with Gasteiger partial charge in [-0.3, -0.25) is 9.59 Å². The zero-order chi connectivity index (χ0) is 8.77. The third-order valence-electron chi connectivity index (χ3n) is 3.09. The molecule has 4 heteroatoms. The summed E-state index contributed by atoms with van der Waals surface area (Å²) < 4.78 is 0. The monoisotopic (exact) mass is 169 g/mol. The minimum absolute atomic E-state index is 0.113. The Morgan fingerprint density at radius 1 is 1.67 bits per heavy atom. The van der Waals surface area contributed by atoms with Crippen LogP contribution in [0.5, 0.6) is 0 Å². The van der Waals surface area contributed by atoms with E-state index in [1.807, 2.05) is 0 Å². The molecule has 2 fully saturated rings. The van der Waals surface area contributed by atoms with Gasteiger partial charge in [-0.05, 0) is 6.42 Å². The van der Waals surface area contributed by atoms with Crippen molar-refractivity contribution in [1.82, 2.24) is 5.32 Å². The van der Waals surface area contributed by atoms with E-state index in [0.717, 1.165) is 0 Å². The number of hydrogen-bond acceptors (Lipinski definition) is 3. The number of Topliss-reactive ketones (excluding diaryl/α,β-unsaturated/α-hetero) is 1. The lowest BCUT2D eigenvalue weighted by atomic mass is 9.81. The second-order valence-corrected chi connectivity index (χ2v) is 3.61. The van der Waals surface area contributed by atoms with E-state index in [-0.39, 0.29) is 11.7 Å². The lowest BCUT2D eigenvalue weighted by molar-refractivity contribution is -0.150. The lowest BCUT2D eigenvalue weighted by Gasteiger charge is -2.20. The molecule has 4 nitrogen and oxygen atoms in total. The van der Waals surface area contributed by atoms with Gasteiger partial charge in [-0.25, -0.2) is 0 Å². The van der Waals surface area contributed by atoms with Gasteiger partial charge in [0, 0.05) is 25.4 Å². The predicted molar refractivity (Wildman–Crippen MR) is 40.7 cm³/mol. The van der Waals surface area contributed by atoms with Gasteiger partial charge in [0.25, 0.3) is 0 Å². The molecule has 1 heterocycles. The number of fused-ring (bicyclic) bond motifs is 1. The summed E-state index contributed by atoms with van der Waals surface area (Å²) in [7, 11) is 0. The van der Waals surface area contributed by atoms with Crippen LogP contribution in [-0.4, -0.2) is 29.9 Å². The van der Waals surface area contributed by atoms with Crippen LogP contribution in [0.1, 0.15) is 12.8 Å². The molecule has 0 amide bonds. The van der Waals surface area contributed by atoms with Crippen molar-refractivity contribution in [2.45, 2.75) is 12.8 Å². The maximum absolute atomic E-state index is 11.3. The van der Waals surface area contributed by atoms with Crippen molar-refractivity contribution in [3.63, 3.8) is 0 Å². The summed E-state index contributed by atoms with van der Waals surface area (Å²) in [4.78, 5) is 22.2. The minimum Gasteiger partial charge on any atom is -0.481 e. The first-order chi connectivity index (χ1) is 5.67. The molecule has 0 aromatic heterocycles. The summed E-state index contributed by atoms with van der Waals surface area (Å²) in [5.41, 5.74) is -0.767. The number of ketones is 1. The molecular weight excluding hydrogens is 158 g/mol. The van der Waals surface area contributed by atoms with E-state index in [2.05, 4.69) is 5.32 Å². The number of rotatable bonds is 1. The molecule has 1 aliphatic heterocycles. The van der Waals surface area contributed by atoms with Gasteiger partial charge in [0.15, 0.2) is 0 Å². The number of carboxylic acid groups (broad SMARTS) is 1. The number of carboxylic acids is 1. The van der Waals surface area contributed by atoms with Crippen molar-refractivity contribution >= 4 is 11.8 Å². The van der Waals surface area contributed by atoms with E-state index in [9.17, 15) is 9.59 Å². The Morgan fingerprint density at radius 3 is 3.00 bits per heavy atom. The van der Waals surface area contributed by atoms with Gasteiger partial charge in [-0.1, -0.05) is 0 Å². The molecule has 0 aromatic rings. The number of carbonyl (C=O) groups is 2. The summed E-state index contributed by atoms with van der Waals surface area (Å²) in [6.45, 7) is 1.00. The van der Waals surface area contributed by atoms with Crippen molar-refractivity contribution in [1.29, 1.82) is 0 Å². The predicted octanol–water partition coefficient (Wildman–Crippen LogP) is -0.360. The van der Waals surface area contributed by atoms with E-state index in [1.165, 1.54) is 0 Å². The summed E-state index contributed by atoms with van der Waals surface area (Å²) in [5, 5.41) is 12.0. The minimum atomic E-state index is -0.816. The van der Waals surface area contributed by atoms with E-state index in [1.54, 1.807) is 0 Å². The number of nitrogens with one attached hydrogen (secondary N) is 1. The van der Waals surface area contributed by atoms with E-state index in [4.69, 9.17) is 5.11 Å². The van der Waals surface area contributed by atoms with Gasteiger partial charge in [0.1, 0.15) is 5.78 Å². The van der Waals surface area contributed by atoms with Crippen molar-refractivity contribution in [2.75, 3.05) is 13.1 Å². The van der Waals surface area contributed by atoms with Crippen LogP contribution in [0, 0.1) is 11.3 Å². The molecule has 0 radical (unpaired) electrons. The van der Waals surface area contributed by atoms with Crippen molar-refractivity contribution in [3.05, 3.63) is 0 Å². The van der Waals surface area contributed by atoms with E-state index in [0.29, 0.717) is 25.9 Å². The van der Waals surface area contributed by atoms with Crippen LogP contribution in [0.25, 0.3) is 0 Å². The lowest BCUT2D eigenvalue weighted by Crippen LogP contribution is -2.36. The second kappa shape index (κ2) is 2.29. The SMILES string of the molecule is O=C1CCC2(C(=O)O)CNCC12. The largest absolute Gasteiger partial charge is 0.481 e. The zero-order valence-corrected chi connectivity index (χ0v) is 6.67. The highest BCUT2D eigenvalue weighted by molar-refractivity contribution is 5.93. The average molecular weight is 169 g/mol. The molecule has 1 aliphatic carbocycles. The summed E-state index contributed by atoms with van der Waals surface area (Å²) in [6.07, 6.45) is 0.956. The van der Waals surface area contributed by atoms with E-state index >= 15 is 0 Å². The molecule has 12 heavy (non-hydrogen) atoms. The topological polar surface area (TPSA) is 66.4 Å². The van der Waals surface area contributed by atoms with Crippen molar-refractivity contribution < 1.29 is 14.7 Å². The first-order valence-electron chi connectivity index (χ1n) is 4.14. The van der Waals surface area contributed by atoms with Crippen LogP contribution in [0.3, 0.4) is 0 Å². The van der Waals surface area contributed by atoms with E-state index < -0.39 is 11.4 Å². The van der Waals surface area contributed by atoms with Gasteiger partial charge in [0.2, 0.25) is 0 Å². The highest BCUT2D eigenvalue weighted by atomic mass is 16.4. The molecule has 0 bridgehead atoms. The Bertz CT molecular complexity index is 251. The Hall–Kier alpha value is -0.900. The molecule has 66 valence electrons. The van der Waals surface area contributed by atoms with Crippen LogP contribution in [0.2, 0.25) is 0 Å². The van der Waals surface area contributed by atoms with Crippen LogP contribution in [0.15, 0.2) is 0 Å². The molecule has 2 rings (SSSR count). The van der Waals surface area contributed by atoms with Gasteiger partial charge < -0.3 is 10.4 Å². The number of hydrogen-bond donors (Lipinski definition) is 2. The van der Waals surface area contributed by atoms with Crippen LogP contribution >= 0.6 is 0 Å². The normalized spacial score (nSPS) is 40.0. The van der Waals surface area contributed by atoms with Gasteiger partial charge in [-0.2, -0.15) is 0 Å². The molecule has 2 atom stereocenters. The van der Waals surface area contributed by atoms with Gasteiger partial charge in [0.05, 0.1) is 5.41 Å². The van der Waals surface area contributed by atoms with Crippen LogP contribution < -0.4 is 5.32 Å². The fourth-order valence-electron chi connectivity index (χ4n) is 2.29. The quantitative estimate of drug-likeness (QED) is 0.562. The Labute approximate surface area is 69.9 Å². The third kappa shape index (κ3) is 0.756.